The highest BCUT2D eigenvalue weighted by atomic mass is 19.4. The number of hydroxylamine groups is 2. The number of aryl methyl sites for hydroxylation is 1. The van der Waals surface area contributed by atoms with Gasteiger partial charge in [0, 0.05) is 6.54 Å². The Kier molecular flexibility index (Phi) is 5.82. The highest BCUT2D eigenvalue weighted by Gasteiger charge is 2.30. The lowest BCUT2D eigenvalue weighted by Gasteiger charge is -2.24. The van der Waals surface area contributed by atoms with Gasteiger partial charge in [-0.1, -0.05) is 60.7 Å². The molecule has 3 aromatic rings. The fourth-order valence-electron chi connectivity index (χ4n) is 3.32. The van der Waals surface area contributed by atoms with Gasteiger partial charge in [-0.15, -0.1) is 0 Å². The molecule has 0 fully saturated rings. The largest absolute Gasteiger partial charge is 0.416 e. The first-order chi connectivity index (χ1) is 12.9. The van der Waals surface area contributed by atoms with Crippen molar-refractivity contribution in [3.8, 4) is 0 Å². The van der Waals surface area contributed by atoms with Crippen LogP contribution in [0, 0.1) is 0 Å². The van der Waals surface area contributed by atoms with Crippen molar-refractivity contribution in [2.45, 2.75) is 32.0 Å². The van der Waals surface area contributed by atoms with E-state index in [1.165, 1.54) is 17.2 Å². The molecule has 0 aliphatic carbocycles. The van der Waals surface area contributed by atoms with Crippen LogP contribution in [-0.2, 0) is 12.6 Å². The number of nitrogens with zero attached hydrogens (tertiary/aromatic N) is 1. The molecule has 0 heterocycles. The van der Waals surface area contributed by atoms with Crippen molar-refractivity contribution < 1.29 is 18.4 Å². The van der Waals surface area contributed by atoms with Crippen LogP contribution in [0.3, 0.4) is 0 Å². The maximum absolute atomic E-state index is 12.8. The van der Waals surface area contributed by atoms with E-state index in [0.717, 1.165) is 22.4 Å². The molecule has 0 spiro atoms. The summed E-state index contributed by atoms with van der Waals surface area (Å²) < 4.78 is 38.4. The van der Waals surface area contributed by atoms with Crippen molar-refractivity contribution in [1.29, 1.82) is 0 Å². The fraction of sp³-hybridized carbons (Fsp3) is 0.273. The van der Waals surface area contributed by atoms with Crippen LogP contribution >= 0.6 is 0 Å². The quantitative estimate of drug-likeness (QED) is 0.517. The molecule has 0 bridgehead atoms. The number of fused-ring (bicyclic) bond motifs is 1. The Bertz CT molecular complexity index is 902. The average Bonchev–Trinajstić information content (AvgIpc) is 2.66. The molecule has 5 heteroatoms. The first kappa shape index (κ1) is 19.4. The normalized spacial score (nSPS) is 13.3. The molecule has 1 unspecified atom stereocenters. The first-order valence-corrected chi connectivity index (χ1v) is 8.95. The Morgan fingerprint density at radius 1 is 0.963 bits per heavy atom. The minimum absolute atomic E-state index is 0.211. The van der Waals surface area contributed by atoms with E-state index in [1.54, 1.807) is 6.07 Å². The zero-order chi connectivity index (χ0) is 19.4. The third-order valence-corrected chi connectivity index (χ3v) is 4.83. The second-order valence-corrected chi connectivity index (χ2v) is 6.71. The van der Waals surface area contributed by atoms with Gasteiger partial charge in [-0.3, -0.25) is 0 Å². The molecule has 142 valence electrons. The first-order valence-electron chi connectivity index (χ1n) is 8.95. The molecule has 0 aliphatic heterocycles. The van der Waals surface area contributed by atoms with Gasteiger partial charge in [0.25, 0.3) is 0 Å². The molecule has 3 aromatic carbocycles. The van der Waals surface area contributed by atoms with Crippen LogP contribution in [0.5, 0.6) is 0 Å². The second-order valence-electron chi connectivity index (χ2n) is 6.71. The number of hydrogen-bond donors (Lipinski definition) is 1. The van der Waals surface area contributed by atoms with Gasteiger partial charge in [0.2, 0.25) is 0 Å². The SMILES string of the molecule is CC(c1cccc2ccccc12)N(O)CCCc1cccc(C(F)(F)F)c1. The van der Waals surface area contributed by atoms with Crippen LogP contribution < -0.4 is 0 Å². The minimum atomic E-state index is -4.33. The van der Waals surface area contributed by atoms with Gasteiger partial charge in [-0.05, 0) is 47.7 Å². The topological polar surface area (TPSA) is 23.5 Å². The fourth-order valence-corrected chi connectivity index (χ4v) is 3.32. The molecule has 2 nitrogen and oxygen atoms in total. The standard InChI is InChI=1S/C22H22F3NO/c1-16(20-13-5-10-18-9-2-3-12-21(18)20)26(27)14-6-8-17-7-4-11-19(15-17)22(23,24)25/h2-5,7,9-13,15-16,27H,6,8,14H2,1H3. The summed E-state index contributed by atoms with van der Waals surface area (Å²) in [4.78, 5) is 0. The summed E-state index contributed by atoms with van der Waals surface area (Å²) in [5, 5.41) is 13.9. The number of hydrogen-bond acceptors (Lipinski definition) is 2. The summed E-state index contributed by atoms with van der Waals surface area (Å²) in [5.74, 6) is 0. The zero-order valence-corrected chi connectivity index (χ0v) is 15.1. The molecule has 1 atom stereocenters. The van der Waals surface area contributed by atoms with Crippen molar-refractivity contribution in [3.05, 3.63) is 83.4 Å². The van der Waals surface area contributed by atoms with Gasteiger partial charge in [0.05, 0.1) is 11.6 Å². The van der Waals surface area contributed by atoms with Crippen LogP contribution in [-0.4, -0.2) is 16.8 Å². The van der Waals surface area contributed by atoms with Gasteiger partial charge in [0.1, 0.15) is 0 Å². The summed E-state index contributed by atoms with van der Waals surface area (Å²) in [7, 11) is 0. The third-order valence-electron chi connectivity index (χ3n) is 4.83. The third kappa shape index (κ3) is 4.67. The van der Waals surface area contributed by atoms with Crippen molar-refractivity contribution in [2.75, 3.05) is 6.54 Å². The Labute approximate surface area is 156 Å². The van der Waals surface area contributed by atoms with E-state index >= 15 is 0 Å². The van der Waals surface area contributed by atoms with Crippen LogP contribution in [0.2, 0.25) is 0 Å². The number of rotatable bonds is 6. The highest BCUT2D eigenvalue weighted by molar-refractivity contribution is 5.86. The molecule has 0 amide bonds. The Balaban J connectivity index is 1.63. The maximum Gasteiger partial charge on any atom is 0.416 e. The van der Waals surface area contributed by atoms with Crippen molar-refractivity contribution in [2.24, 2.45) is 0 Å². The Morgan fingerprint density at radius 3 is 2.44 bits per heavy atom. The summed E-state index contributed by atoms with van der Waals surface area (Å²) in [6, 6.07) is 19.1. The zero-order valence-electron chi connectivity index (χ0n) is 15.1. The van der Waals surface area contributed by atoms with Crippen LogP contribution in [0.1, 0.15) is 36.1 Å². The molecule has 0 aromatic heterocycles. The average molecular weight is 373 g/mol. The predicted octanol–water partition coefficient (Wildman–Crippen LogP) is 6.24. The van der Waals surface area contributed by atoms with Crippen molar-refractivity contribution in [1.82, 2.24) is 5.06 Å². The van der Waals surface area contributed by atoms with E-state index in [2.05, 4.69) is 0 Å². The van der Waals surface area contributed by atoms with Crippen LogP contribution in [0.15, 0.2) is 66.7 Å². The molecule has 0 saturated heterocycles. The molecule has 27 heavy (non-hydrogen) atoms. The van der Waals surface area contributed by atoms with Gasteiger partial charge in [-0.2, -0.15) is 18.2 Å². The van der Waals surface area contributed by atoms with Crippen LogP contribution in [0.25, 0.3) is 10.8 Å². The summed E-state index contributed by atoms with van der Waals surface area (Å²) >= 11 is 0. The van der Waals surface area contributed by atoms with E-state index in [9.17, 15) is 18.4 Å². The van der Waals surface area contributed by atoms with E-state index in [-0.39, 0.29) is 6.04 Å². The minimum Gasteiger partial charge on any atom is -0.313 e. The lowest BCUT2D eigenvalue weighted by atomic mass is 9.99. The molecular formula is C22H22F3NO. The lowest BCUT2D eigenvalue weighted by Crippen LogP contribution is -2.24. The van der Waals surface area contributed by atoms with Gasteiger partial charge < -0.3 is 5.21 Å². The van der Waals surface area contributed by atoms with Crippen LogP contribution in [0.4, 0.5) is 13.2 Å². The molecular weight excluding hydrogens is 351 g/mol. The Hall–Kier alpha value is -2.37. The van der Waals surface area contributed by atoms with Crippen molar-refractivity contribution in [3.63, 3.8) is 0 Å². The lowest BCUT2D eigenvalue weighted by molar-refractivity contribution is -0.137. The molecule has 0 saturated carbocycles. The molecule has 0 radical (unpaired) electrons. The van der Waals surface area contributed by atoms with E-state index in [4.69, 9.17) is 0 Å². The number of halogens is 3. The summed E-state index contributed by atoms with van der Waals surface area (Å²) in [6.07, 6.45) is -3.29. The summed E-state index contributed by atoms with van der Waals surface area (Å²) in [6.45, 7) is 2.30. The second kappa shape index (κ2) is 8.11. The monoisotopic (exact) mass is 373 g/mol. The van der Waals surface area contributed by atoms with Gasteiger partial charge >= 0.3 is 6.18 Å². The van der Waals surface area contributed by atoms with E-state index in [1.807, 2.05) is 49.4 Å². The maximum atomic E-state index is 12.8. The van der Waals surface area contributed by atoms with E-state index in [0.29, 0.717) is 24.9 Å². The molecule has 1 N–H and O–H groups in total. The smallest absolute Gasteiger partial charge is 0.313 e. The molecule has 3 rings (SSSR count). The number of alkyl halides is 3. The van der Waals surface area contributed by atoms with Gasteiger partial charge in [0.15, 0.2) is 0 Å². The van der Waals surface area contributed by atoms with Gasteiger partial charge in [-0.25, -0.2) is 0 Å². The Morgan fingerprint density at radius 2 is 1.67 bits per heavy atom. The van der Waals surface area contributed by atoms with Crippen molar-refractivity contribution >= 4 is 10.8 Å². The predicted molar refractivity (Wildman–Crippen MR) is 101 cm³/mol. The highest BCUT2D eigenvalue weighted by Crippen LogP contribution is 2.30. The number of benzene rings is 3. The summed E-state index contributed by atoms with van der Waals surface area (Å²) in [5.41, 5.74) is 1.01. The van der Waals surface area contributed by atoms with E-state index < -0.39 is 11.7 Å². The molecule has 0 aliphatic rings.